The van der Waals surface area contributed by atoms with Crippen LogP contribution in [0.15, 0.2) is 249 Å². The van der Waals surface area contributed by atoms with Crippen molar-refractivity contribution in [3.05, 3.63) is 299 Å². The van der Waals surface area contributed by atoms with Crippen LogP contribution in [0.2, 0.25) is 0 Å². The smallest absolute Gasteiger partial charge is 0.0159 e. The van der Waals surface area contributed by atoms with Gasteiger partial charge in [0.25, 0.3) is 0 Å². The molecule has 1 atom stereocenters. The molecule has 0 N–H and O–H groups in total. The summed E-state index contributed by atoms with van der Waals surface area (Å²) in [5, 5.41) is 5.19. The molecule has 0 nitrogen and oxygen atoms in total. The highest BCUT2D eigenvalue weighted by atomic mass is 14.4. The molecule has 0 bridgehead atoms. The van der Waals surface area contributed by atoms with Gasteiger partial charge in [-0.3, -0.25) is 0 Å². The van der Waals surface area contributed by atoms with Gasteiger partial charge in [0.05, 0.1) is 0 Å². The van der Waals surface area contributed by atoms with Crippen LogP contribution in [0, 0.1) is 6.92 Å². The first-order chi connectivity index (χ1) is 39.7. The average molecular weight is 1060 g/mol. The maximum absolute atomic E-state index is 2.52. The normalized spacial score (nSPS) is 14.7. The molecule has 3 aliphatic carbocycles. The molecule has 12 aromatic rings. The minimum absolute atomic E-state index is 0.0335. The van der Waals surface area contributed by atoms with Crippen molar-refractivity contribution in [3.8, 4) is 77.9 Å². The summed E-state index contributed by atoms with van der Waals surface area (Å²) in [5.74, 6) is 0.454. The number of rotatable bonds is 8. The number of hydrogen-bond acceptors (Lipinski definition) is 0. The van der Waals surface area contributed by atoms with Crippen molar-refractivity contribution in [3.63, 3.8) is 0 Å². The van der Waals surface area contributed by atoms with Gasteiger partial charge in [0, 0.05) is 16.2 Å². The number of benzene rings is 12. The Morgan fingerprint density at radius 2 is 0.683 bits per heavy atom. The fraction of sp³-hybridized carbons (Fsp3) is 0.171. The Morgan fingerprint density at radius 1 is 0.293 bits per heavy atom. The van der Waals surface area contributed by atoms with Gasteiger partial charge < -0.3 is 0 Å². The van der Waals surface area contributed by atoms with Gasteiger partial charge in [-0.2, -0.15) is 0 Å². The van der Waals surface area contributed by atoms with E-state index in [0.717, 1.165) is 12.8 Å². The van der Waals surface area contributed by atoms with Crippen LogP contribution in [0.1, 0.15) is 111 Å². The van der Waals surface area contributed by atoms with Gasteiger partial charge in [0.15, 0.2) is 0 Å². The van der Waals surface area contributed by atoms with Crippen LogP contribution in [0.3, 0.4) is 0 Å². The second kappa shape index (κ2) is 19.7. The van der Waals surface area contributed by atoms with Gasteiger partial charge in [0.2, 0.25) is 0 Å². The highest BCUT2D eigenvalue weighted by Crippen LogP contribution is 2.53. The first kappa shape index (κ1) is 51.3. The summed E-state index contributed by atoms with van der Waals surface area (Å²) in [5.41, 5.74) is 31.3. The molecule has 0 heterocycles. The molecule has 398 valence electrons. The monoisotopic (exact) mass is 1050 g/mol. The fourth-order valence-electron chi connectivity index (χ4n) is 14.3. The molecule has 0 radical (unpaired) electrons. The summed E-state index contributed by atoms with van der Waals surface area (Å²) >= 11 is 0. The zero-order valence-electron chi connectivity index (χ0n) is 48.7. The molecule has 3 aliphatic rings. The van der Waals surface area contributed by atoms with Gasteiger partial charge in [-0.15, -0.1) is 0 Å². The lowest BCUT2D eigenvalue weighted by molar-refractivity contribution is 0.645. The predicted molar refractivity (Wildman–Crippen MR) is 350 cm³/mol. The van der Waals surface area contributed by atoms with Gasteiger partial charge in [-0.1, -0.05) is 278 Å². The minimum Gasteiger partial charge on any atom is -0.0622 e. The average Bonchev–Trinajstić information content (AvgIpc) is 2.51. The summed E-state index contributed by atoms with van der Waals surface area (Å²) in [6.45, 7) is 18.9. The fourth-order valence-corrected chi connectivity index (χ4v) is 14.3. The zero-order valence-corrected chi connectivity index (χ0v) is 48.7. The van der Waals surface area contributed by atoms with Crippen molar-refractivity contribution in [2.24, 2.45) is 0 Å². The van der Waals surface area contributed by atoms with Gasteiger partial charge in [-0.25, -0.2) is 0 Å². The Balaban J connectivity index is 0.000000228. The van der Waals surface area contributed by atoms with Crippen LogP contribution in [-0.2, 0) is 22.7 Å². The number of aryl methyl sites for hydroxylation is 2. The van der Waals surface area contributed by atoms with Crippen molar-refractivity contribution in [1.29, 1.82) is 0 Å². The van der Waals surface area contributed by atoms with Crippen LogP contribution < -0.4 is 0 Å². The number of hydrogen-bond donors (Lipinski definition) is 0. The van der Waals surface area contributed by atoms with E-state index in [1.165, 1.54) is 150 Å². The summed E-state index contributed by atoms with van der Waals surface area (Å²) in [7, 11) is 0. The molecule has 0 saturated carbocycles. The van der Waals surface area contributed by atoms with E-state index in [2.05, 4.69) is 304 Å². The Bertz CT molecular complexity index is 4470. The molecule has 0 aromatic heterocycles. The van der Waals surface area contributed by atoms with Crippen LogP contribution in [0.4, 0.5) is 0 Å². The van der Waals surface area contributed by atoms with Crippen molar-refractivity contribution in [2.75, 3.05) is 0 Å². The Kier molecular flexibility index (Phi) is 12.3. The van der Waals surface area contributed by atoms with E-state index in [1.54, 1.807) is 0 Å². The lowest BCUT2D eigenvalue weighted by Gasteiger charge is -2.24. The standard InChI is InChI=1S/C60H50.C22H20/c1-38(19-20-39-21-29-50-52-31-27-44(40-13-7-6-8-14-40)36-57(52)59(2,3)55(50)33-39)43-26-30-51-53-32-28-45(37-58(53)60(4,5)56(51)35-43)41-22-24-42(25-23-41)54-34-46-15-9-10-16-47(46)48-17-11-12-18-49(48)54;1-15-9-11-18-19-12-10-17(16-7-5-4-6-8-16)14-21(19)22(2,3)20(18)13-15/h6-18,21-38H,19-20H2,1-5H3;4-14H,1-3H3. The SMILES string of the molecule is CC(CCc1ccc2c(c1)C(C)(C)c1cc(-c3ccccc3)ccc1-2)c1ccc2c(c1)C(C)(C)c1cc(-c3ccc(-c4cc5ccccc5c5ccccc45)cc3)ccc1-2.Cc1ccc2c(c1)C(C)(C)c1cc(-c3ccccc3)ccc1-2. The lowest BCUT2D eigenvalue weighted by Crippen LogP contribution is -2.16. The summed E-state index contributed by atoms with van der Waals surface area (Å²) in [6, 6.07) is 93.0. The van der Waals surface area contributed by atoms with Gasteiger partial charge >= 0.3 is 0 Å². The lowest BCUT2D eigenvalue weighted by atomic mass is 9.80. The first-order valence-electron chi connectivity index (χ1n) is 29.7. The van der Waals surface area contributed by atoms with Crippen LogP contribution in [0.25, 0.3) is 99.4 Å². The van der Waals surface area contributed by atoms with E-state index in [0.29, 0.717) is 5.92 Å². The topological polar surface area (TPSA) is 0 Å². The second-order valence-corrected chi connectivity index (χ2v) is 25.3. The highest BCUT2D eigenvalue weighted by molar-refractivity contribution is 6.13. The third kappa shape index (κ3) is 8.57. The quantitative estimate of drug-likeness (QED) is 0.133. The van der Waals surface area contributed by atoms with Crippen molar-refractivity contribution in [2.45, 2.75) is 90.4 Å². The molecule has 12 aromatic carbocycles. The van der Waals surface area contributed by atoms with E-state index < -0.39 is 0 Å². The Morgan fingerprint density at radius 3 is 1.23 bits per heavy atom. The van der Waals surface area contributed by atoms with E-state index in [1.807, 2.05) is 0 Å². The number of fused-ring (bicyclic) bond motifs is 12. The van der Waals surface area contributed by atoms with Crippen molar-refractivity contribution in [1.82, 2.24) is 0 Å². The van der Waals surface area contributed by atoms with E-state index in [-0.39, 0.29) is 16.2 Å². The molecule has 0 aliphatic heterocycles. The van der Waals surface area contributed by atoms with Crippen LogP contribution in [0.5, 0.6) is 0 Å². The molecule has 15 rings (SSSR count). The van der Waals surface area contributed by atoms with Gasteiger partial charge in [0.1, 0.15) is 0 Å². The van der Waals surface area contributed by atoms with E-state index in [4.69, 9.17) is 0 Å². The molecular weight excluding hydrogens is 985 g/mol. The van der Waals surface area contributed by atoms with Gasteiger partial charge in [-0.05, 0) is 194 Å². The minimum atomic E-state index is -0.0820. The van der Waals surface area contributed by atoms with Crippen molar-refractivity contribution < 1.29 is 0 Å². The van der Waals surface area contributed by atoms with Crippen molar-refractivity contribution >= 4 is 21.5 Å². The maximum Gasteiger partial charge on any atom is 0.0159 e. The van der Waals surface area contributed by atoms with Crippen LogP contribution >= 0.6 is 0 Å². The molecule has 0 fully saturated rings. The summed E-state index contributed by atoms with van der Waals surface area (Å²) < 4.78 is 0. The van der Waals surface area contributed by atoms with E-state index >= 15 is 0 Å². The largest absolute Gasteiger partial charge is 0.0622 e. The molecule has 0 saturated heterocycles. The highest BCUT2D eigenvalue weighted by Gasteiger charge is 2.38. The Hall–Kier alpha value is -8.84. The van der Waals surface area contributed by atoms with Crippen LogP contribution in [-0.4, -0.2) is 0 Å². The molecular formula is C82H70. The maximum atomic E-state index is 2.52. The summed E-state index contributed by atoms with van der Waals surface area (Å²) in [6.07, 6.45) is 2.18. The first-order valence-corrected chi connectivity index (χ1v) is 29.7. The zero-order chi connectivity index (χ0) is 56.1. The summed E-state index contributed by atoms with van der Waals surface area (Å²) in [4.78, 5) is 0. The third-order valence-electron chi connectivity index (χ3n) is 19.2. The molecule has 0 amide bonds. The van der Waals surface area contributed by atoms with E-state index in [9.17, 15) is 0 Å². The predicted octanol–water partition coefficient (Wildman–Crippen LogP) is 22.3. The molecule has 0 spiro atoms. The second-order valence-electron chi connectivity index (χ2n) is 25.3. The molecule has 82 heavy (non-hydrogen) atoms. The third-order valence-corrected chi connectivity index (χ3v) is 19.2. The molecule has 0 heteroatoms. The molecule has 1 unspecified atom stereocenters. The Labute approximate surface area is 485 Å².